The summed E-state index contributed by atoms with van der Waals surface area (Å²) in [6.07, 6.45) is 1.49. The average molecular weight is 481 g/mol. The summed E-state index contributed by atoms with van der Waals surface area (Å²) in [6, 6.07) is 26.0. The van der Waals surface area contributed by atoms with Crippen molar-refractivity contribution in [2.24, 2.45) is 5.10 Å². The van der Waals surface area contributed by atoms with E-state index in [0.717, 1.165) is 21.9 Å². The van der Waals surface area contributed by atoms with Crippen LogP contribution in [-0.2, 0) is 4.79 Å². The van der Waals surface area contributed by atoms with Crippen LogP contribution in [0.3, 0.4) is 0 Å². The number of carbonyl (C=O) groups excluding carboxylic acids is 2. The molecule has 1 N–H and O–H groups in total. The molecule has 0 bridgehead atoms. The summed E-state index contributed by atoms with van der Waals surface area (Å²) in [4.78, 5) is 25.1. The van der Waals surface area contributed by atoms with E-state index in [0.29, 0.717) is 22.6 Å². The number of hydrogen-bond donors (Lipinski definition) is 1. The zero-order valence-electron chi connectivity index (χ0n) is 20.5. The van der Waals surface area contributed by atoms with Crippen molar-refractivity contribution in [1.29, 1.82) is 0 Å². The Morgan fingerprint density at radius 3 is 2.44 bits per heavy atom. The van der Waals surface area contributed by atoms with E-state index >= 15 is 0 Å². The minimum Gasteiger partial charge on any atom is -0.483 e. The Morgan fingerprint density at radius 2 is 1.67 bits per heavy atom. The minimum absolute atomic E-state index is 0.175. The van der Waals surface area contributed by atoms with Crippen molar-refractivity contribution in [1.82, 2.24) is 5.43 Å². The summed E-state index contributed by atoms with van der Waals surface area (Å²) in [6.45, 7) is 5.96. The molecule has 4 rings (SSSR count). The van der Waals surface area contributed by atoms with Crippen molar-refractivity contribution in [2.45, 2.75) is 26.7 Å². The summed E-state index contributed by atoms with van der Waals surface area (Å²) >= 11 is 0. The van der Waals surface area contributed by atoms with Gasteiger partial charge in [0, 0.05) is 5.56 Å². The van der Waals surface area contributed by atoms with Gasteiger partial charge in [0.15, 0.2) is 6.61 Å². The Labute approximate surface area is 210 Å². The van der Waals surface area contributed by atoms with E-state index in [-0.39, 0.29) is 12.5 Å². The zero-order chi connectivity index (χ0) is 25.5. The number of hydrogen-bond acceptors (Lipinski definition) is 5. The quantitative estimate of drug-likeness (QED) is 0.145. The smallest absolute Gasteiger partial charge is 0.343 e. The van der Waals surface area contributed by atoms with Crippen LogP contribution in [0.15, 0.2) is 90.0 Å². The SMILES string of the molecule is Cc1ccc(C(C)C)c(OCC(=O)N/N=C/c2c(OC(=O)c3ccccc3)ccc3ccccc23)c1. The van der Waals surface area contributed by atoms with E-state index in [4.69, 9.17) is 9.47 Å². The number of fused-ring (bicyclic) bond motifs is 1. The number of esters is 1. The lowest BCUT2D eigenvalue weighted by Gasteiger charge is -2.14. The Hall–Kier alpha value is -4.45. The third kappa shape index (κ3) is 5.96. The standard InChI is InChI=1S/C30H28N2O4/c1-20(2)24-15-13-21(3)17-28(24)35-19-29(33)32-31-18-26-25-12-8-7-9-22(25)14-16-27(26)36-30(34)23-10-5-4-6-11-23/h4-18,20H,19H2,1-3H3,(H,32,33)/b31-18+. The van der Waals surface area contributed by atoms with Crippen LogP contribution in [0.1, 0.15) is 46.8 Å². The molecule has 0 radical (unpaired) electrons. The molecular weight excluding hydrogens is 452 g/mol. The molecule has 0 aliphatic heterocycles. The highest BCUT2D eigenvalue weighted by Crippen LogP contribution is 2.28. The first-order valence-corrected chi connectivity index (χ1v) is 11.8. The van der Waals surface area contributed by atoms with Crippen LogP contribution in [-0.4, -0.2) is 24.7 Å². The van der Waals surface area contributed by atoms with Crippen LogP contribution >= 0.6 is 0 Å². The Morgan fingerprint density at radius 1 is 0.917 bits per heavy atom. The first kappa shape index (κ1) is 24.7. The fraction of sp³-hybridized carbons (Fsp3) is 0.167. The molecule has 6 heteroatoms. The normalized spacial score (nSPS) is 11.1. The van der Waals surface area contributed by atoms with E-state index in [1.54, 1.807) is 30.3 Å². The number of hydrazone groups is 1. The van der Waals surface area contributed by atoms with Gasteiger partial charge in [-0.3, -0.25) is 4.79 Å². The van der Waals surface area contributed by atoms with Crippen LogP contribution < -0.4 is 14.9 Å². The molecule has 0 fully saturated rings. The molecule has 0 aromatic heterocycles. The van der Waals surface area contributed by atoms with E-state index in [1.807, 2.05) is 61.5 Å². The molecule has 36 heavy (non-hydrogen) atoms. The molecule has 0 spiro atoms. The fourth-order valence-corrected chi connectivity index (χ4v) is 3.82. The van der Waals surface area contributed by atoms with E-state index in [2.05, 4.69) is 24.4 Å². The first-order chi connectivity index (χ1) is 17.4. The lowest BCUT2D eigenvalue weighted by Crippen LogP contribution is -2.25. The van der Waals surface area contributed by atoms with Crippen molar-refractivity contribution in [2.75, 3.05) is 6.61 Å². The Balaban J connectivity index is 1.50. The molecule has 0 atom stereocenters. The first-order valence-electron chi connectivity index (χ1n) is 11.8. The Bertz CT molecular complexity index is 1410. The lowest BCUT2D eigenvalue weighted by molar-refractivity contribution is -0.123. The third-order valence-corrected chi connectivity index (χ3v) is 5.68. The van der Waals surface area contributed by atoms with Crippen molar-refractivity contribution >= 4 is 28.9 Å². The summed E-state index contributed by atoms with van der Waals surface area (Å²) in [5.74, 6) is 0.430. The number of nitrogens with one attached hydrogen (secondary N) is 1. The number of benzene rings is 4. The average Bonchev–Trinajstić information content (AvgIpc) is 2.88. The van der Waals surface area contributed by atoms with Crippen molar-refractivity contribution in [3.05, 3.63) is 107 Å². The molecule has 4 aromatic rings. The predicted octanol–water partition coefficient (Wildman–Crippen LogP) is 6.02. The second-order valence-electron chi connectivity index (χ2n) is 8.73. The second kappa shape index (κ2) is 11.3. The highest BCUT2D eigenvalue weighted by Gasteiger charge is 2.14. The fourth-order valence-electron chi connectivity index (χ4n) is 3.82. The van der Waals surface area contributed by atoms with Crippen molar-refractivity contribution in [3.63, 3.8) is 0 Å². The summed E-state index contributed by atoms with van der Waals surface area (Å²) in [5.41, 5.74) is 5.63. The number of aryl methyl sites for hydroxylation is 1. The van der Waals surface area contributed by atoms with Crippen LogP contribution in [0, 0.1) is 6.92 Å². The van der Waals surface area contributed by atoms with Gasteiger partial charge in [0.25, 0.3) is 5.91 Å². The molecule has 182 valence electrons. The molecule has 1 amide bonds. The predicted molar refractivity (Wildman–Crippen MR) is 142 cm³/mol. The zero-order valence-corrected chi connectivity index (χ0v) is 20.5. The molecule has 4 aromatic carbocycles. The molecule has 0 unspecified atom stereocenters. The molecule has 0 saturated carbocycles. The molecular formula is C30H28N2O4. The Kier molecular flexibility index (Phi) is 7.75. The number of amides is 1. The summed E-state index contributed by atoms with van der Waals surface area (Å²) < 4.78 is 11.5. The van der Waals surface area contributed by atoms with E-state index in [9.17, 15) is 9.59 Å². The van der Waals surface area contributed by atoms with Crippen LogP contribution in [0.25, 0.3) is 10.8 Å². The van der Waals surface area contributed by atoms with Gasteiger partial charge in [-0.25, -0.2) is 10.2 Å². The summed E-state index contributed by atoms with van der Waals surface area (Å²) in [7, 11) is 0. The van der Waals surface area contributed by atoms with E-state index < -0.39 is 11.9 Å². The van der Waals surface area contributed by atoms with Crippen LogP contribution in [0.2, 0.25) is 0 Å². The van der Waals surface area contributed by atoms with Gasteiger partial charge in [-0.15, -0.1) is 0 Å². The number of rotatable bonds is 8. The number of carbonyl (C=O) groups is 2. The largest absolute Gasteiger partial charge is 0.483 e. The van der Waals surface area contributed by atoms with Crippen LogP contribution in [0.5, 0.6) is 11.5 Å². The molecule has 6 nitrogen and oxygen atoms in total. The maximum absolute atomic E-state index is 12.7. The van der Waals surface area contributed by atoms with Crippen molar-refractivity contribution in [3.8, 4) is 11.5 Å². The monoisotopic (exact) mass is 480 g/mol. The highest BCUT2D eigenvalue weighted by atomic mass is 16.5. The molecule has 0 saturated heterocycles. The van der Waals surface area contributed by atoms with Gasteiger partial charge in [0.1, 0.15) is 11.5 Å². The summed E-state index contributed by atoms with van der Waals surface area (Å²) in [5, 5.41) is 5.92. The van der Waals surface area contributed by atoms with E-state index in [1.165, 1.54) is 6.21 Å². The van der Waals surface area contributed by atoms with Gasteiger partial charge < -0.3 is 9.47 Å². The topological polar surface area (TPSA) is 77.0 Å². The molecule has 0 aliphatic rings. The van der Waals surface area contributed by atoms with Gasteiger partial charge in [-0.1, -0.05) is 74.5 Å². The third-order valence-electron chi connectivity index (χ3n) is 5.68. The van der Waals surface area contributed by atoms with Gasteiger partial charge in [-0.2, -0.15) is 5.10 Å². The maximum atomic E-state index is 12.7. The lowest BCUT2D eigenvalue weighted by atomic mass is 10.0. The van der Waals surface area contributed by atoms with Crippen molar-refractivity contribution < 1.29 is 19.1 Å². The van der Waals surface area contributed by atoms with Gasteiger partial charge >= 0.3 is 5.97 Å². The maximum Gasteiger partial charge on any atom is 0.343 e. The highest BCUT2D eigenvalue weighted by molar-refractivity contribution is 6.04. The minimum atomic E-state index is -0.475. The molecule has 0 heterocycles. The number of ether oxygens (including phenoxy) is 2. The molecule has 0 aliphatic carbocycles. The van der Waals surface area contributed by atoms with Crippen LogP contribution in [0.4, 0.5) is 0 Å². The van der Waals surface area contributed by atoms with Gasteiger partial charge in [0.2, 0.25) is 0 Å². The number of nitrogens with zero attached hydrogens (tertiary/aromatic N) is 1. The van der Waals surface area contributed by atoms with Gasteiger partial charge in [-0.05, 0) is 59.0 Å². The van der Waals surface area contributed by atoms with Gasteiger partial charge in [0.05, 0.1) is 11.8 Å². The second-order valence-corrected chi connectivity index (χ2v) is 8.73.